The summed E-state index contributed by atoms with van der Waals surface area (Å²) in [6, 6.07) is 22.6. The maximum atomic E-state index is 13.9. The highest BCUT2D eigenvalue weighted by molar-refractivity contribution is 6.01. The van der Waals surface area contributed by atoms with Gasteiger partial charge in [-0.3, -0.25) is 0 Å². The maximum absolute atomic E-state index is 13.9. The van der Waals surface area contributed by atoms with E-state index in [1.807, 2.05) is 54.7 Å². The van der Waals surface area contributed by atoms with Gasteiger partial charge in [-0.25, -0.2) is 9.37 Å². The number of aromatic nitrogens is 1. The number of benzene rings is 3. The lowest BCUT2D eigenvalue weighted by Gasteiger charge is -2.13. The van der Waals surface area contributed by atoms with Crippen LogP contribution >= 0.6 is 0 Å². The van der Waals surface area contributed by atoms with Crippen LogP contribution in [0.25, 0.3) is 21.9 Å². The van der Waals surface area contributed by atoms with Gasteiger partial charge in [0.1, 0.15) is 11.6 Å². The third-order valence-electron chi connectivity index (χ3n) is 4.42. The molecule has 1 heterocycles. The first-order valence-corrected chi connectivity index (χ1v) is 8.43. The fourth-order valence-electron chi connectivity index (χ4n) is 3.05. The Morgan fingerprint density at radius 1 is 0.846 bits per heavy atom. The predicted octanol–water partition coefficient (Wildman–Crippen LogP) is 5.24. The Hall–Kier alpha value is -3.40. The summed E-state index contributed by atoms with van der Waals surface area (Å²) in [5, 5.41) is 5.35. The number of nitrogens with two attached hydrogens (primary N) is 1. The van der Waals surface area contributed by atoms with Gasteiger partial charge in [0.2, 0.25) is 0 Å². The lowest BCUT2D eigenvalue weighted by molar-refractivity contribution is 0.613. The van der Waals surface area contributed by atoms with Crippen LogP contribution in [0.2, 0.25) is 0 Å². The zero-order valence-corrected chi connectivity index (χ0v) is 14.1. The van der Waals surface area contributed by atoms with Crippen LogP contribution in [-0.4, -0.2) is 4.98 Å². The molecule has 3 nitrogen and oxygen atoms in total. The van der Waals surface area contributed by atoms with Crippen LogP contribution < -0.4 is 11.1 Å². The van der Waals surface area contributed by atoms with Gasteiger partial charge in [0.15, 0.2) is 0 Å². The van der Waals surface area contributed by atoms with E-state index in [1.54, 1.807) is 12.1 Å². The van der Waals surface area contributed by atoms with Gasteiger partial charge in [0.25, 0.3) is 0 Å². The van der Waals surface area contributed by atoms with E-state index in [4.69, 9.17) is 5.73 Å². The molecule has 4 heteroatoms. The number of fused-ring (bicyclic) bond motifs is 1. The third-order valence-corrected chi connectivity index (χ3v) is 4.42. The predicted molar refractivity (Wildman–Crippen MR) is 105 cm³/mol. The van der Waals surface area contributed by atoms with Crippen molar-refractivity contribution in [2.45, 2.75) is 6.54 Å². The maximum Gasteiger partial charge on any atom is 0.134 e. The summed E-state index contributed by atoms with van der Waals surface area (Å²) < 4.78 is 13.9. The second-order valence-corrected chi connectivity index (χ2v) is 6.13. The standard InChI is InChI=1S/C22H18FN3/c23-21-8-4-1-5-16(21)13-25-22-19-7-3-2-6-18(19)20(14-26-22)15-9-11-17(24)12-10-15/h1-12,14H,13,24H2,(H,25,26). The minimum Gasteiger partial charge on any atom is -0.399 e. The molecule has 128 valence electrons. The molecule has 0 radical (unpaired) electrons. The summed E-state index contributed by atoms with van der Waals surface area (Å²) in [7, 11) is 0. The zero-order valence-electron chi connectivity index (χ0n) is 14.1. The molecule has 0 saturated heterocycles. The molecular formula is C22H18FN3. The van der Waals surface area contributed by atoms with E-state index < -0.39 is 0 Å². The van der Waals surface area contributed by atoms with Gasteiger partial charge in [-0.05, 0) is 29.1 Å². The van der Waals surface area contributed by atoms with Crippen LogP contribution in [0.5, 0.6) is 0 Å². The van der Waals surface area contributed by atoms with E-state index in [-0.39, 0.29) is 5.82 Å². The normalized spacial score (nSPS) is 10.8. The Morgan fingerprint density at radius 2 is 1.54 bits per heavy atom. The van der Waals surface area contributed by atoms with Gasteiger partial charge >= 0.3 is 0 Å². The van der Waals surface area contributed by atoms with Crippen molar-refractivity contribution >= 4 is 22.3 Å². The van der Waals surface area contributed by atoms with E-state index in [2.05, 4.69) is 16.4 Å². The van der Waals surface area contributed by atoms with Crippen LogP contribution in [0, 0.1) is 5.82 Å². The molecule has 3 N–H and O–H groups in total. The number of halogens is 1. The number of hydrogen-bond donors (Lipinski definition) is 2. The monoisotopic (exact) mass is 343 g/mol. The third kappa shape index (κ3) is 3.09. The van der Waals surface area contributed by atoms with Gasteiger partial charge in [-0.2, -0.15) is 0 Å². The zero-order chi connectivity index (χ0) is 17.9. The molecule has 0 atom stereocenters. The van der Waals surface area contributed by atoms with Gasteiger partial charge in [-0.1, -0.05) is 54.6 Å². The number of nitrogens with one attached hydrogen (secondary N) is 1. The minimum atomic E-state index is -0.220. The van der Waals surface area contributed by atoms with Crippen LogP contribution in [0.15, 0.2) is 79.0 Å². The second-order valence-electron chi connectivity index (χ2n) is 6.13. The van der Waals surface area contributed by atoms with Gasteiger partial charge in [0.05, 0.1) is 0 Å². The highest BCUT2D eigenvalue weighted by atomic mass is 19.1. The molecule has 0 bridgehead atoms. The summed E-state index contributed by atoms with van der Waals surface area (Å²) in [5.74, 6) is 0.519. The Labute approximate surface area is 151 Å². The largest absolute Gasteiger partial charge is 0.399 e. The average Bonchev–Trinajstić information content (AvgIpc) is 2.68. The molecule has 4 aromatic rings. The lowest BCUT2D eigenvalue weighted by atomic mass is 10.00. The molecule has 0 saturated carbocycles. The summed E-state index contributed by atoms with van der Waals surface area (Å²) >= 11 is 0. The van der Waals surface area contributed by atoms with Crippen molar-refractivity contribution in [3.63, 3.8) is 0 Å². The van der Waals surface area contributed by atoms with E-state index in [0.29, 0.717) is 12.1 Å². The van der Waals surface area contributed by atoms with Crippen LogP contribution in [0.1, 0.15) is 5.56 Å². The van der Waals surface area contributed by atoms with Crippen LogP contribution in [0.4, 0.5) is 15.9 Å². The van der Waals surface area contributed by atoms with Crippen molar-refractivity contribution < 1.29 is 4.39 Å². The molecule has 0 unspecified atom stereocenters. The van der Waals surface area contributed by atoms with Crippen LogP contribution in [-0.2, 0) is 6.54 Å². The fraction of sp³-hybridized carbons (Fsp3) is 0.0455. The van der Waals surface area contributed by atoms with Crippen molar-refractivity contribution in [2.24, 2.45) is 0 Å². The van der Waals surface area contributed by atoms with Crippen molar-refractivity contribution in [2.75, 3.05) is 11.1 Å². The number of nitrogens with zero attached hydrogens (tertiary/aromatic N) is 1. The first-order valence-electron chi connectivity index (χ1n) is 8.43. The summed E-state index contributed by atoms with van der Waals surface area (Å²) in [4.78, 5) is 4.59. The summed E-state index contributed by atoms with van der Waals surface area (Å²) in [6.07, 6.45) is 1.84. The molecule has 0 spiro atoms. The first-order chi connectivity index (χ1) is 12.7. The quantitative estimate of drug-likeness (QED) is 0.499. The molecule has 0 aliphatic carbocycles. The average molecular weight is 343 g/mol. The highest BCUT2D eigenvalue weighted by Gasteiger charge is 2.09. The Bertz CT molecular complexity index is 1060. The Kier molecular flexibility index (Phi) is 4.23. The molecule has 0 amide bonds. The molecule has 3 aromatic carbocycles. The number of rotatable bonds is 4. The lowest BCUT2D eigenvalue weighted by Crippen LogP contribution is -2.04. The smallest absolute Gasteiger partial charge is 0.134 e. The van der Waals surface area contributed by atoms with E-state index in [0.717, 1.165) is 33.4 Å². The van der Waals surface area contributed by atoms with Crippen LogP contribution in [0.3, 0.4) is 0 Å². The molecule has 4 rings (SSSR count). The van der Waals surface area contributed by atoms with E-state index in [9.17, 15) is 4.39 Å². The van der Waals surface area contributed by atoms with Gasteiger partial charge < -0.3 is 11.1 Å². The molecule has 0 aliphatic heterocycles. The molecule has 0 fully saturated rings. The number of anilines is 2. The summed E-state index contributed by atoms with van der Waals surface area (Å²) in [5.41, 5.74) is 9.23. The highest BCUT2D eigenvalue weighted by Crippen LogP contribution is 2.32. The fourth-order valence-corrected chi connectivity index (χ4v) is 3.05. The number of hydrogen-bond acceptors (Lipinski definition) is 3. The van der Waals surface area contributed by atoms with E-state index in [1.165, 1.54) is 6.07 Å². The van der Waals surface area contributed by atoms with Crippen molar-refractivity contribution in [1.29, 1.82) is 0 Å². The number of nitrogen functional groups attached to an aromatic ring is 1. The van der Waals surface area contributed by atoms with Crippen molar-refractivity contribution in [3.05, 3.63) is 90.4 Å². The van der Waals surface area contributed by atoms with E-state index >= 15 is 0 Å². The van der Waals surface area contributed by atoms with Crippen molar-refractivity contribution in [1.82, 2.24) is 4.98 Å². The second kappa shape index (κ2) is 6.84. The topological polar surface area (TPSA) is 50.9 Å². The number of pyridine rings is 1. The molecule has 26 heavy (non-hydrogen) atoms. The molecular weight excluding hydrogens is 325 g/mol. The Morgan fingerprint density at radius 3 is 2.31 bits per heavy atom. The summed E-state index contributed by atoms with van der Waals surface area (Å²) in [6.45, 7) is 0.380. The Balaban J connectivity index is 1.72. The first kappa shape index (κ1) is 16.1. The minimum absolute atomic E-state index is 0.220. The van der Waals surface area contributed by atoms with Gasteiger partial charge in [0, 0.05) is 34.9 Å². The SMILES string of the molecule is Nc1ccc(-c2cnc(NCc3ccccc3F)c3ccccc23)cc1. The van der Waals surface area contributed by atoms with Crippen molar-refractivity contribution in [3.8, 4) is 11.1 Å². The molecule has 1 aromatic heterocycles. The molecule has 0 aliphatic rings. The van der Waals surface area contributed by atoms with Gasteiger partial charge in [-0.15, -0.1) is 0 Å².